The van der Waals surface area contributed by atoms with Gasteiger partial charge in [-0.25, -0.2) is 9.59 Å². The molecule has 2 amide bonds. The molecule has 0 spiro atoms. The van der Waals surface area contributed by atoms with Crippen molar-refractivity contribution in [2.24, 2.45) is 11.8 Å². The highest BCUT2D eigenvalue weighted by Crippen LogP contribution is 2.12. The first-order valence-corrected chi connectivity index (χ1v) is 9.66. The summed E-state index contributed by atoms with van der Waals surface area (Å²) in [5.74, 6) is -0.723. The fourth-order valence-corrected chi connectivity index (χ4v) is 2.30. The van der Waals surface area contributed by atoms with E-state index in [9.17, 15) is 14.4 Å². The van der Waals surface area contributed by atoms with Crippen LogP contribution >= 0.6 is 0 Å². The maximum Gasteiger partial charge on any atom is 0.407 e. The predicted octanol–water partition coefficient (Wildman–Crippen LogP) is 3.02. The monoisotopic (exact) mass is 372 g/mol. The van der Waals surface area contributed by atoms with Gasteiger partial charge in [-0.15, -0.1) is 0 Å². The van der Waals surface area contributed by atoms with E-state index in [0.29, 0.717) is 38.9 Å². The minimum atomic E-state index is -0.759. The zero-order valence-corrected chi connectivity index (χ0v) is 17.1. The molecule has 2 N–H and O–H groups in total. The van der Waals surface area contributed by atoms with Gasteiger partial charge in [0.25, 0.3) is 0 Å². The number of carbonyl (C=O) groups excluding carboxylic acids is 3. The Labute approximate surface area is 157 Å². The molecular formula is C19H36N2O5. The number of nitrogens with one attached hydrogen (secondary N) is 2. The number of amides is 2. The molecule has 0 aliphatic carbocycles. The minimum Gasteiger partial charge on any atom is -0.464 e. The number of carbonyl (C=O) groups is 3. The lowest BCUT2D eigenvalue weighted by molar-refractivity contribution is -0.149. The summed E-state index contributed by atoms with van der Waals surface area (Å²) in [5, 5.41) is 5.36. The van der Waals surface area contributed by atoms with Gasteiger partial charge in [-0.05, 0) is 31.1 Å². The van der Waals surface area contributed by atoms with Gasteiger partial charge in [0.05, 0.1) is 13.2 Å². The Balaban J connectivity index is 5.07. The lowest BCUT2D eigenvalue weighted by atomic mass is 9.97. The van der Waals surface area contributed by atoms with Crippen molar-refractivity contribution < 1.29 is 23.9 Å². The van der Waals surface area contributed by atoms with Crippen LogP contribution in [0.4, 0.5) is 4.79 Å². The molecule has 0 rings (SSSR count). The molecular weight excluding hydrogens is 336 g/mol. The first-order valence-electron chi connectivity index (χ1n) is 9.66. The molecule has 3 unspecified atom stereocenters. The quantitative estimate of drug-likeness (QED) is 0.514. The summed E-state index contributed by atoms with van der Waals surface area (Å²) < 4.78 is 10.2. The van der Waals surface area contributed by atoms with Crippen molar-refractivity contribution in [1.82, 2.24) is 10.6 Å². The third-order valence-corrected chi connectivity index (χ3v) is 3.97. The van der Waals surface area contributed by atoms with Crippen LogP contribution in [-0.2, 0) is 19.1 Å². The highest BCUT2D eigenvalue weighted by atomic mass is 16.5. The number of alkyl carbamates (subject to hydrolysis) is 1. The van der Waals surface area contributed by atoms with Crippen LogP contribution in [0.25, 0.3) is 0 Å². The maximum atomic E-state index is 12.7. The fourth-order valence-electron chi connectivity index (χ4n) is 2.30. The van der Waals surface area contributed by atoms with Crippen molar-refractivity contribution in [1.29, 1.82) is 0 Å². The van der Waals surface area contributed by atoms with E-state index >= 15 is 0 Å². The maximum absolute atomic E-state index is 12.7. The van der Waals surface area contributed by atoms with Crippen molar-refractivity contribution >= 4 is 18.0 Å². The molecule has 0 bridgehead atoms. The number of esters is 1. The predicted molar refractivity (Wildman–Crippen MR) is 101 cm³/mol. The molecule has 152 valence electrons. The zero-order valence-electron chi connectivity index (χ0n) is 17.1. The van der Waals surface area contributed by atoms with Crippen LogP contribution < -0.4 is 10.6 Å². The van der Waals surface area contributed by atoms with E-state index in [2.05, 4.69) is 10.6 Å². The van der Waals surface area contributed by atoms with Crippen LogP contribution in [-0.4, -0.2) is 43.3 Å². The van der Waals surface area contributed by atoms with Gasteiger partial charge in [0.2, 0.25) is 5.91 Å². The van der Waals surface area contributed by atoms with Gasteiger partial charge in [0, 0.05) is 0 Å². The van der Waals surface area contributed by atoms with Crippen LogP contribution in [0.2, 0.25) is 0 Å². The summed E-state index contributed by atoms with van der Waals surface area (Å²) in [6, 6.07) is -1.49. The molecule has 0 heterocycles. The first kappa shape index (κ1) is 24.2. The number of hydrogen-bond donors (Lipinski definition) is 2. The SMILES string of the molecule is CCCOC(=O)NC(CC(C)C)C(=O)NC(C(=O)OCCC)C(C)CC. The molecule has 0 aromatic carbocycles. The average molecular weight is 373 g/mol. The molecule has 7 nitrogen and oxygen atoms in total. The molecule has 0 radical (unpaired) electrons. The Morgan fingerprint density at radius 3 is 1.96 bits per heavy atom. The van der Waals surface area contributed by atoms with E-state index in [1.54, 1.807) is 0 Å². The highest BCUT2D eigenvalue weighted by molar-refractivity contribution is 5.89. The number of ether oxygens (including phenoxy) is 2. The molecule has 0 aromatic rings. The minimum absolute atomic E-state index is 0.0740. The van der Waals surface area contributed by atoms with Crippen LogP contribution in [0.3, 0.4) is 0 Å². The topological polar surface area (TPSA) is 93.7 Å². The van der Waals surface area contributed by atoms with E-state index in [1.807, 2.05) is 41.5 Å². The summed E-state index contributed by atoms with van der Waals surface area (Å²) in [5.41, 5.74) is 0. The van der Waals surface area contributed by atoms with Gasteiger partial charge in [0.15, 0.2) is 0 Å². The molecule has 26 heavy (non-hydrogen) atoms. The van der Waals surface area contributed by atoms with Gasteiger partial charge in [0.1, 0.15) is 12.1 Å². The summed E-state index contributed by atoms with van der Waals surface area (Å²) in [6.07, 6.45) is 1.96. The Hall–Kier alpha value is -1.79. The molecule has 0 aliphatic heterocycles. The van der Waals surface area contributed by atoms with Crippen molar-refractivity contribution in [3.8, 4) is 0 Å². The Bertz CT molecular complexity index is 440. The standard InChI is InChI=1S/C19H36N2O5/c1-7-10-25-18(23)16(14(6)9-3)21-17(22)15(12-13(4)5)20-19(24)26-11-8-2/h13-16H,7-12H2,1-6H3,(H,20,24)(H,21,22). The molecule has 3 atom stereocenters. The van der Waals surface area contributed by atoms with Gasteiger partial charge in [-0.1, -0.05) is 48.0 Å². The van der Waals surface area contributed by atoms with Gasteiger partial charge in [-0.2, -0.15) is 0 Å². The normalized spacial score (nSPS) is 14.3. The van der Waals surface area contributed by atoms with Crippen molar-refractivity contribution in [2.45, 2.75) is 79.3 Å². The first-order chi connectivity index (χ1) is 12.3. The van der Waals surface area contributed by atoms with Crippen LogP contribution in [0.15, 0.2) is 0 Å². The Morgan fingerprint density at radius 2 is 1.46 bits per heavy atom. The highest BCUT2D eigenvalue weighted by Gasteiger charge is 2.31. The molecule has 7 heteroatoms. The van der Waals surface area contributed by atoms with E-state index in [-0.39, 0.29) is 11.8 Å². The van der Waals surface area contributed by atoms with Gasteiger partial charge >= 0.3 is 12.1 Å². The van der Waals surface area contributed by atoms with E-state index in [4.69, 9.17) is 9.47 Å². The molecule has 0 aliphatic rings. The summed E-state index contributed by atoms with van der Waals surface area (Å²) >= 11 is 0. The number of rotatable bonds is 12. The third-order valence-electron chi connectivity index (χ3n) is 3.97. The van der Waals surface area contributed by atoms with Gasteiger partial charge < -0.3 is 20.1 Å². The largest absolute Gasteiger partial charge is 0.464 e. The number of hydrogen-bond acceptors (Lipinski definition) is 5. The van der Waals surface area contributed by atoms with E-state index in [1.165, 1.54) is 0 Å². The molecule has 0 saturated carbocycles. The second-order valence-electron chi connectivity index (χ2n) is 7.00. The molecule has 0 aromatic heterocycles. The van der Waals surface area contributed by atoms with E-state index < -0.39 is 30.1 Å². The second-order valence-corrected chi connectivity index (χ2v) is 7.00. The zero-order chi connectivity index (χ0) is 20.1. The van der Waals surface area contributed by atoms with Crippen molar-refractivity contribution in [3.63, 3.8) is 0 Å². The van der Waals surface area contributed by atoms with Crippen LogP contribution in [0.1, 0.15) is 67.2 Å². The van der Waals surface area contributed by atoms with Crippen molar-refractivity contribution in [3.05, 3.63) is 0 Å². The lowest BCUT2D eigenvalue weighted by Crippen LogP contribution is -2.54. The van der Waals surface area contributed by atoms with Crippen LogP contribution in [0.5, 0.6) is 0 Å². The summed E-state index contributed by atoms with van der Waals surface area (Å²) in [6.45, 7) is 12.2. The van der Waals surface area contributed by atoms with Gasteiger partial charge in [-0.3, -0.25) is 4.79 Å². The van der Waals surface area contributed by atoms with Crippen LogP contribution in [0, 0.1) is 11.8 Å². The summed E-state index contributed by atoms with van der Waals surface area (Å²) in [7, 11) is 0. The van der Waals surface area contributed by atoms with Crippen molar-refractivity contribution in [2.75, 3.05) is 13.2 Å². The molecule has 0 saturated heterocycles. The lowest BCUT2D eigenvalue weighted by Gasteiger charge is -2.26. The fraction of sp³-hybridized carbons (Fsp3) is 0.842. The Kier molecular flexibility index (Phi) is 12.5. The third kappa shape index (κ3) is 9.63. The van der Waals surface area contributed by atoms with E-state index in [0.717, 1.165) is 0 Å². The smallest absolute Gasteiger partial charge is 0.407 e. The molecule has 0 fully saturated rings. The average Bonchev–Trinajstić information content (AvgIpc) is 2.60. The second kappa shape index (κ2) is 13.4. The summed E-state index contributed by atoms with van der Waals surface area (Å²) in [4.78, 5) is 36.8. The Morgan fingerprint density at radius 1 is 0.885 bits per heavy atom.